The number of carbonyl (C=O) groups excluding carboxylic acids is 2. The maximum Gasteiger partial charge on any atom is 0.354 e. The van der Waals surface area contributed by atoms with E-state index in [1.807, 2.05) is 53.4 Å². The van der Waals surface area contributed by atoms with Crippen LogP contribution in [0.15, 0.2) is 66.7 Å². The van der Waals surface area contributed by atoms with Crippen LogP contribution in [0.25, 0.3) is 0 Å². The summed E-state index contributed by atoms with van der Waals surface area (Å²) in [5.41, 5.74) is 4.13. The van der Waals surface area contributed by atoms with E-state index in [0.717, 1.165) is 48.2 Å². The Morgan fingerprint density at radius 1 is 0.971 bits per heavy atom. The van der Waals surface area contributed by atoms with Gasteiger partial charge >= 0.3 is 5.97 Å². The number of methoxy groups -OCH3 is 1. The Morgan fingerprint density at radius 2 is 1.65 bits per heavy atom. The van der Waals surface area contributed by atoms with E-state index in [0.29, 0.717) is 18.7 Å². The van der Waals surface area contributed by atoms with Gasteiger partial charge in [-0.3, -0.25) is 10.1 Å². The van der Waals surface area contributed by atoms with E-state index in [-0.39, 0.29) is 18.0 Å². The van der Waals surface area contributed by atoms with Crippen molar-refractivity contribution >= 4 is 17.6 Å². The molecule has 0 unspecified atom stereocenters. The van der Waals surface area contributed by atoms with Crippen molar-refractivity contribution in [2.24, 2.45) is 0 Å². The molecular formula is C28H33N3O3. The van der Waals surface area contributed by atoms with E-state index < -0.39 is 5.97 Å². The molecular weight excluding hydrogens is 426 g/mol. The number of benzene rings is 2. The summed E-state index contributed by atoms with van der Waals surface area (Å²) in [5.74, 6) is -0.435. The molecule has 0 spiro atoms. The fraction of sp³-hybridized carbons (Fsp3) is 0.357. The van der Waals surface area contributed by atoms with Crippen molar-refractivity contribution < 1.29 is 14.3 Å². The smallest absolute Gasteiger partial charge is 0.354 e. The lowest BCUT2D eigenvalue weighted by atomic mass is 10.0. The molecule has 2 N–H and O–H groups in total. The van der Waals surface area contributed by atoms with Crippen molar-refractivity contribution in [2.45, 2.75) is 57.7 Å². The molecule has 0 saturated carbocycles. The Balaban J connectivity index is 1.75. The van der Waals surface area contributed by atoms with E-state index in [1.54, 1.807) is 6.07 Å². The number of ether oxygens (including phenoxy) is 1. The molecule has 1 amide bonds. The Labute approximate surface area is 201 Å². The maximum absolute atomic E-state index is 14.0. The Kier molecular flexibility index (Phi) is 7.80. The number of amides is 1. The minimum absolute atomic E-state index is 0.00219. The summed E-state index contributed by atoms with van der Waals surface area (Å²) in [7, 11) is 1.37. The summed E-state index contributed by atoms with van der Waals surface area (Å²) >= 11 is 0. The highest BCUT2D eigenvalue weighted by molar-refractivity contribution is 6.00. The molecule has 4 rings (SSSR count). The van der Waals surface area contributed by atoms with Crippen LogP contribution in [0.2, 0.25) is 0 Å². The number of hydrogen-bond donors (Lipinski definition) is 2. The number of nitrogens with one attached hydrogen (secondary N) is 2. The fourth-order valence-corrected chi connectivity index (χ4v) is 4.62. The monoisotopic (exact) mass is 459 g/mol. The van der Waals surface area contributed by atoms with Crippen LogP contribution < -0.4 is 10.2 Å². The van der Waals surface area contributed by atoms with Crippen LogP contribution in [-0.2, 0) is 22.5 Å². The van der Waals surface area contributed by atoms with Crippen molar-refractivity contribution in [3.05, 3.63) is 89.2 Å². The second-order valence-corrected chi connectivity index (χ2v) is 8.84. The van der Waals surface area contributed by atoms with Crippen LogP contribution in [-0.4, -0.2) is 30.0 Å². The van der Waals surface area contributed by atoms with Gasteiger partial charge in [0.1, 0.15) is 5.69 Å². The molecule has 6 nitrogen and oxygen atoms in total. The lowest BCUT2D eigenvalue weighted by molar-refractivity contribution is -0.120. The molecule has 1 aliphatic heterocycles. The number of rotatable bonds is 9. The van der Waals surface area contributed by atoms with Gasteiger partial charge in [0.15, 0.2) is 0 Å². The summed E-state index contributed by atoms with van der Waals surface area (Å²) in [4.78, 5) is 31.4. The van der Waals surface area contributed by atoms with E-state index in [4.69, 9.17) is 4.74 Å². The molecule has 1 aliphatic rings. The molecule has 0 aliphatic carbocycles. The highest BCUT2D eigenvalue weighted by Gasteiger charge is 2.36. The van der Waals surface area contributed by atoms with Crippen LogP contribution in [0.4, 0.5) is 5.69 Å². The van der Waals surface area contributed by atoms with Gasteiger partial charge in [-0.05, 0) is 30.0 Å². The van der Waals surface area contributed by atoms with Gasteiger partial charge in [-0.15, -0.1) is 0 Å². The minimum Gasteiger partial charge on any atom is -0.464 e. The second-order valence-electron chi connectivity index (χ2n) is 8.84. The topological polar surface area (TPSA) is 74.4 Å². The summed E-state index contributed by atoms with van der Waals surface area (Å²) < 4.78 is 4.97. The minimum atomic E-state index is -0.437. The van der Waals surface area contributed by atoms with Crippen LogP contribution in [0, 0.1) is 0 Å². The largest absolute Gasteiger partial charge is 0.464 e. The van der Waals surface area contributed by atoms with Crippen LogP contribution >= 0.6 is 0 Å². The zero-order valence-corrected chi connectivity index (χ0v) is 19.9. The average molecular weight is 460 g/mol. The number of nitrogens with zero attached hydrogens (tertiary/aromatic N) is 1. The summed E-state index contributed by atoms with van der Waals surface area (Å²) in [5, 5.41) is 3.64. The summed E-state index contributed by atoms with van der Waals surface area (Å²) in [6.07, 6.45) is 4.74. The number of anilines is 1. The molecule has 178 valence electrons. The first kappa shape index (κ1) is 23.8. The summed E-state index contributed by atoms with van der Waals surface area (Å²) in [6, 6.07) is 21.4. The number of unbranched alkanes of at least 4 members (excludes halogenated alkanes) is 2. The van der Waals surface area contributed by atoms with Gasteiger partial charge in [-0.2, -0.15) is 0 Å². The van der Waals surface area contributed by atoms with Crippen molar-refractivity contribution in [1.82, 2.24) is 10.3 Å². The van der Waals surface area contributed by atoms with Crippen LogP contribution in [0.5, 0.6) is 0 Å². The normalized spacial score (nSPS) is 17.8. The third kappa shape index (κ3) is 5.39. The molecule has 2 atom stereocenters. The quantitative estimate of drug-likeness (QED) is 0.342. The van der Waals surface area contributed by atoms with Crippen molar-refractivity contribution in [3.63, 3.8) is 0 Å². The molecule has 0 saturated heterocycles. The molecule has 0 radical (unpaired) electrons. The molecule has 0 bridgehead atoms. The lowest BCUT2D eigenvalue weighted by Crippen LogP contribution is -2.46. The molecule has 0 fully saturated rings. The van der Waals surface area contributed by atoms with Gasteiger partial charge in [-0.25, -0.2) is 4.79 Å². The van der Waals surface area contributed by atoms with E-state index in [2.05, 4.69) is 29.4 Å². The van der Waals surface area contributed by atoms with E-state index in [9.17, 15) is 9.59 Å². The van der Waals surface area contributed by atoms with Crippen LogP contribution in [0.1, 0.15) is 66.0 Å². The predicted molar refractivity (Wildman–Crippen MR) is 134 cm³/mol. The Morgan fingerprint density at radius 3 is 2.29 bits per heavy atom. The lowest BCUT2D eigenvalue weighted by Gasteiger charge is -2.25. The number of fused-ring (bicyclic) bond motifs is 1. The summed E-state index contributed by atoms with van der Waals surface area (Å²) in [6.45, 7) is 2.61. The first-order valence-corrected chi connectivity index (χ1v) is 12.1. The number of carbonyl (C=O) groups is 2. The number of H-pyrrole nitrogens is 1. The van der Waals surface area contributed by atoms with Crippen molar-refractivity contribution in [1.29, 1.82) is 0 Å². The van der Waals surface area contributed by atoms with Crippen molar-refractivity contribution in [2.75, 3.05) is 12.0 Å². The Bertz CT molecular complexity index is 1090. The predicted octanol–water partition coefficient (Wildman–Crippen LogP) is 5.17. The maximum atomic E-state index is 14.0. The molecule has 34 heavy (non-hydrogen) atoms. The fourth-order valence-electron chi connectivity index (χ4n) is 4.62. The van der Waals surface area contributed by atoms with E-state index in [1.165, 1.54) is 7.11 Å². The standard InChI is InChI=1S/C28H33N3O3/c1-3-4-7-16-22-26-25(18-24(30-26)28(33)34-2)31(19-21-14-10-6-11-15-21)27(32)23(29-22)17-20-12-8-5-9-13-20/h5-6,8-15,18,22-23,29-30H,3-4,7,16-17,19H2,1-2H3/t22-,23+/m1/s1. The SMILES string of the molecule is CCCCC[C@H]1N[C@@H](Cc2ccccc2)C(=O)N(Cc2ccccc2)c2cc(C(=O)OC)[nH]c21. The molecule has 3 aromatic rings. The highest BCUT2D eigenvalue weighted by atomic mass is 16.5. The van der Waals surface area contributed by atoms with Crippen LogP contribution in [0.3, 0.4) is 0 Å². The second kappa shape index (κ2) is 11.2. The number of hydrogen-bond acceptors (Lipinski definition) is 4. The molecule has 6 heteroatoms. The highest BCUT2D eigenvalue weighted by Crippen LogP contribution is 2.35. The van der Waals surface area contributed by atoms with Crippen molar-refractivity contribution in [3.8, 4) is 0 Å². The first-order chi connectivity index (χ1) is 16.6. The van der Waals surface area contributed by atoms with Gasteiger partial charge in [0.2, 0.25) is 5.91 Å². The molecule has 1 aromatic heterocycles. The average Bonchev–Trinajstić information content (AvgIpc) is 3.28. The van der Waals surface area contributed by atoms with Gasteiger partial charge in [0, 0.05) is 0 Å². The van der Waals surface area contributed by atoms with Gasteiger partial charge in [0.05, 0.1) is 37.1 Å². The number of aromatic nitrogens is 1. The zero-order chi connectivity index (χ0) is 23.9. The first-order valence-electron chi connectivity index (χ1n) is 12.1. The molecule has 2 aromatic carbocycles. The zero-order valence-electron chi connectivity index (χ0n) is 19.9. The molecule has 2 heterocycles. The van der Waals surface area contributed by atoms with E-state index >= 15 is 0 Å². The van der Waals surface area contributed by atoms with Gasteiger partial charge in [0.25, 0.3) is 0 Å². The number of esters is 1. The van der Waals surface area contributed by atoms with Gasteiger partial charge in [-0.1, -0.05) is 86.8 Å². The third-order valence-electron chi connectivity index (χ3n) is 6.40. The van der Waals surface area contributed by atoms with Gasteiger partial charge < -0.3 is 14.6 Å². The third-order valence-corrected chi connectivity index (χ3v) is 6.40. The Hall–Kier alpha value is -3.38. The number of aromatic amines is 1.